The van der Waals surface area contributed by atoms with Crippen molar-refractivity contribution in [2.45, 2.75) is 51.5 Å². The van der Waals surface area contributed by atoms with Crippen molar-refractivity contribution >= 4 is 17.6 Å². The molecule has 2 unspecified atom stereocenters. The Balaban J connectivity index is 1.26. The highest BCUT2D eigenvalue weighted by molar-refractivity contribution is 5.81. The van der Waals surface area contributed by atoms with Gasteiger partial charge in [0.1, 0.15) is 0 Å². The van der Waals surface area contributed by atoms with Crippen molar-refractivity contribution in [1.29, 1.82) is 0 Å². The first-order chi connectivity index (χ1) is 14.7. The van der Waals surface area contributed by atoms with Gasteiger partial charge in [-0.3, -0.25) is 9.79 Å². The average molecular weight is 412 g/mol. The zero-order chi connectivity index (χ0) is 20.8. The lowest BCUT2D eigenvalue weighted by molar-refractivity contribution is -0.134. The van der Waals surface area contributed by atoms with E-state index in [2.05, 4.69) is 57.7 Å². The summed E-state index contributed by atoms with van der Waals surface area (Å²) in [6, 6.07) is 11.0. The molecule has 0 radical (unpaired) electrons. The monoisotopic (exact) mass is 411 g/mol. The predicted molar refractivity (Wildman–Crippen MR) is 123 cm³/mol. The lowest BCUT2D eigenvalue weighted by Gasteiger charge is -2.22. The van der Waals surface area contributed by atoms with Gasteiger partial charge in [0.2, 0.25) is 5.91 Å². The molecule has 2 saturated heterocycles. The summed E-state index contributed by atoms with van der Waals surface area (Å²) in [5.41, 5.74) is 1.31. The number of nitrogens with zero attached hydrogens (tertiary/aromatic N) is 3. The van der Waals surface area contributed by atoms with Gasteiger partial charge in [-0.1, -0.05) is 31.0 Å². The molecule has 0 aromatic heterocycles. The summed E-state index contributed by atoms with van der Waals surface area (Å²) in [6.45, 7) is 7.66. The van der Waals surface area contributed by atoms with Crippen LogP contribution in [0.25, 0.3) is 0 Å². The summed E-state index contributed by atoms with van der Waals surface area (Å²) < 4.78 is 0. The Morgan fingerprint density at radius 2 is 1.87 bits per heavy atom. The van der Waals surface area contributed by atoms with Crippen LogP contribution in [0.15, 0.2) is 35.3 Å². The number of benzene rings is 1. The summed E-state index contributed by atoms with van der Waals surface area (Å²) >= 11 is 0. The molecule has 1 aromatic carbocycles. The summed E-state index contributed by atoms with van der Waals surface area (Å²) in [7, 11) is 0. The molecular weight excluding hydrogens is 374 g/mol. The molecule has 6 heteroatoms. The Morgan fingerprint density at radius 1 is 1.07 bits per heavy atom. The van der Waals surface area contributed by atoms with Crippen molar-refractivity contribution in [2.75, 3.05) is 44.2 Å². The number of likely N-dealkylation sites (tertiary alicyclic amines) is 1. The molecule has 30 heavy (non-hydrogen) atoms. The molecule has 3 fully saturated rings. The second-order valence-corrected chi connectivity index (χ2v) is 9.05. The molecule has 1 amide bonds. The molecule has 0 bridgehead atoms. The normalized spacial score (nSPS) is 25.2. The lowest BCUT2D eigenvalue weighted by Crippen LogP contribution is -2.45. The minimum Gasteiger partial charge on any atom is -0.371 e. The molecule has 0 spiro atoms. The fourth-order valence-electron chi connectivity index (χ4n) is 5.10. The number of nitrogens with one attached hydrogen (secondary N) is 2. The number of para-hydroxylation sites is 1. The second-order valence-electron chi connectivity index (χ2n) is 9.05. The van der Waals surface area contributed by atoms with Crippen LogP contribution in [-0.4, -0.2) is 62.1 Å². The number of hydrogen-bond acceptors (Lipinski definition) is 3. The van der Waals surface area contributed by atoms with E-state index >= 15 is 0 Å². The number of amides is 1. The molecule has 1 saturated carbocycles. The van der Waals surface area contributed by atoms with E-state index in [1.54, 1.807) is 0 Å². The summed E-state index contributed by atoms with van der Waals surface area (Å²) in [5.74, 6) is 2.15. The maximum Gasteiger partial charge on any atom is 0.225 e. The Labute approximate surface area is 181 Å². The molecule has 2 N–H and O–H groups in total. The molecule has 1 aliphatic carbocycles. The first-order valence-electron chi connectivity index (χ1n) is 11.9. The zero-order valence-electron chi connectivity index (χ0n) is 18.4. The molecule has 2 heterocycles. The number of carbonyl (C=O) groups is 1. The lowest BCUT2D eigenvalue weighted by atomic mass is 10.1. The van der Waals surface area contributed by atoms with Crippen LogP contribution in [0.1, 0.15) is 45.4 Å². The highest BCUT2D eigenvalue weighted by Gasteiger charge is 2.32. The van der Waals surface area contributed by atoms with Crippen molar-refractivity contribution in [3.63, 3.8) is 0 Å². The largest absolute Gasteiger partial charge is 0.371 e. The standard InChI is InChI=1S/C24H37N5O/c1-2-25-24(26-16-19-12-14-28(17-19)22-10-4-3-5-11-22)27-21-13-15-29(18-21)23(30)20-8-6-7-9-20/h3-5,10-11,19-21H,2,6-9,12-18H2,1H3,(H2,25,26,27). The number of hydrogen-bond donors (Lipinski definition) is 2. The Bertz CT molecular complexity index is 716. The number of guanidine groups is 1. The second kappa shape index (κ2) is 10.2. The quantitative estimate of drug-likeness (QED) is 0.558. The van der Waals surface area contributed by atoms with Crippen LogP contribution in [-0.2, 0) is 4.79 Å². The Morgan fingerprint density at radius 3 is 2.63 bits per heavy atom. The first kappa shape index (κ1) is 21.0. The smallest absolute Gasteiger partial charge is 0.225 e. The molecule has 3 aliphatic rings. The number of aliphatic imine (C=N–C) groups is 1. The average Bonchev–Trinajstić information content (AvgIpc) is 3.54. The van der Waals surface area contributed by atoms with Gasteiger partial charge in [-0.15, -0.1) is 0 Å². The SMILES string of the molecule is CCNC(=NCC1CCN(c2ccccc2)C1)NC1CCN(C(=O)C2CCCC2)C1. The molecule has 2 atom stereocenters. The van der Waals surface area contributed by atoms with Gasteiger partial charge in [-0.05, 0) is 50.7 Å². The summed E-state index contributed by atoms with van der Waals surface area (Å²) in [4.78, 5) is 22.1. The van der Waals surface area contributed by atoms with Crippen LogP contribution >= 0.6 is 0 Å². The first-order valence-corrected chi connectivity index (χ1v) is 11.9. The number of anilines is 1. The van der Waals surface area contributed by atoms with Crippen LogP contribution < -0.4 is 15.5 Å². The fourth-order valence-corrected chi connectivity index (χ4v) is 5.10. The van der Waals surface area contributed by atoms with Crippen LogP contribution in [0.4, 0.5) is 5.69 Å². The van der Waals surface area contributed by atoms with Crippen molar-refractivity contribution in [3.05, 3.63) is 30.3 Å². The van der Waals surface area contributed by atoms with Crippen LogP contribution in [0.5, 0.6) is 0 Å². The fraction of sp³-hybridized carbons (Fsp3) is 0.667. The third-order valence-electron chi connectivity index (χ3n) is 6.80. The highest BCUT2D eigenvalue weighted by Crippen LogP contribution is 2.28. The minimum atomic E-state index is 0.278. The molecule has 1 aromatic rings. The van der Waals surface area contributed by atoms with E-state index in [1.807, 2.05) is 0 Å². The van der Waals surface area contributed by atoms with Gasteiger partial charge in [0.05, 0.1) is 0 Å². The maximum atomic E-state index is 12.7. The predicted octanol–water partition coefficient (Wildman–Crippen LogP) is 2.86. The van der Waals surface area contributed by atoms with Crippen molar-refractivity contribution in [1.82, 2.24) is 15.5 Å². The van der Waals surface area contributed by atoms with Gasteiger partial charge in [-0.25, -0.2) is 0 Å². The molecule has 2 aliphatic heterocycles. The van der Waals surface area contributed by atoms with Crippen LogP contribution in [0, 0.1) is 11.8 Å². The van der Waals surface area contributed by atoms with E-state index in [-0.39, 0.29) is 5.92 Å². The molecule has 164 valence electrons. The van der Waals surface area contributed by atoms with Gasteiger partial charge in [0.25, 0.3) is 0 Å². The minimum absolute atomic E-state index is 0.278. The summed E-state index contributed by atoms with van der Waals surface area (Å²) in [6.07, 6.45) is 6.79. The van der Waals surface area contributed by atoms with Crippen LogP contribution in [0.3, 0.4) is 0 Å². The van der Waals surface area contributed by atoms with Crippen LogP contribution in [0.2, 0.25) is 0 Å². The Hall–Kier alpha value is -2.24. The maximum absolute atomic E-state index is 12.7. The van der Waals surface area contributed by atoms with Gasteiger partial charge in [0, 0.05) is 56.9 Å². The van der Waals surface area contributed by atoms with Gasteiger partial charge in [-0.2, -0.15) is 0 Å². The number of carbonyl (C=O) groups excluding carboxylic acids is 1. The van der Waals surface area contributed by atoms with Crippen molar-refractivity contribution in [2.24, 2.45) is 16.8 Å². The van der Waals surface area contributed by atoms with E-state index in [0.717, 1.165) is 64.5 Å². The third kappa shape index (κ3) is 5.27. The third-order valence-corrected chi connectivity index (χ3v) is 6.80. The topological polar surface area (TPSA) is 60.0 Å². The van der Waals surface area contributed by atoms with Gasteiger partial charge >= 0.3 is 0 Å². The van der Waals surface area contributed by atoms with Gasteiger partial charge < -0.3 is 20.4 Å². The van der Waals surface area contributed by atoms with Gasteiger partial charge in [0.15, 0.2) is 5.96 Å². The summed E-state index contributed by atoms with van der Waals surface area (Å²) in [5, 5.41) is 6.99. The van der Waals surface area contributed by atoms with Crippen molar-refractivity contribution in [3.8, 4) is 0 Å². The molecular formula is C24H37N5O. The number of rotatable bonds is 6. The van der Waals surface area contributed by atoms with E-state index in [1.165, 1.54) is 24.9 Å². The van der Waals surface area contributed by atoms with Crippen molar-refractivity contribution < 1.29 is 4.79 Å². The van der Waals surface area contributed by atoms with E-state index in [9.17, 15) is 4.79 Å². The molecule has 4 rings (SSSR count). The van der Waals surface area contributed by atoms with E-state index in [0.29, 0.717) is 17.9 Å². The van der Waals surface area contributed by atoms with E-state index < -0.39 is 0 Å². The highest BCUT2D eigenvalue weighted by atomic mass is 16.2. The molecule has 6 nitrogen and oxygen atoms in total. The zero-order valence-corrected chi connectivity index (χ0v) is 18.4. The Kier molecular flexibility index (Phi) is 7.13. The van der Waals surface area contributed by atoms with E-state index in [4.69, 9.17) is 4.99 Å².